The van der Waals surface area contributed by atoms with Crippen molar-refractivity contribution in [3.8, 4) is 0 Å². The molecule has 0 bridgehead atoms. The Kier molecular flexibility index (Phi) is 5.97. The highest BCUT2D eigenvalue weighted by atomic mass is 16.2. The summed E-state index contributed by atoms with van der Waals surface area (Å²) >= 11 is 0. The minimum absolute atomic E-state index is 0.124. The molecule has 0 aromatic carbocycles. The first-order valence-electron chi connectivity index (χ1n) is 6.44. The number of amides is 2. The molecule has 0 aromatic heterocycles. The van der Waals surface area contributed by atoms with Crippen LogP contribution < -0.4 is 11.1 Å². The summed E-state index contributed by atoms with van der Waals surface area (Å²) in [5, 5.41) is 3.01. The van der Waals surface area contributed by atoms with Gasteiger partial charge in [-0.15, -0.1) is 0 Å². The van der Waals surface area contributed by atoms with Gasteiger partial charge in [0.1, 0.15) is 0 Å². The van der Waals surface area contributed by atoms with Crippen LogP contribution in [0.2, 0.25) is 0 Å². The number of nitrogens with zero attached hydrogens (tertiary/aromatic N) is 1. The molecule has 0 aliphatic carbocycles. The van der Waals surface area contributed by atoms with Gasteiger partial charge < -0.3 is 16.0 Å². The van der Waals surface area contributed by atoms with Gasteiger partial charge in [0.15, 0.2) is 0 Å². The Morgan fingerprint density at radius 1 is 1.29 bits per heavy atom. The summed E-state index contributed by atoms with van der Waals surface area (Å²) in [6, 6.07) is 0.232. The van der Waals surface area contributed by atoms with Gasteiger partial charge in [-0.1, -0.05) is 6.92 Å². The third-order valence-electron chi connectivity index (χ3n) is 3.05. The molecule has 0 spiro atoms. The molecule has 5 heteroatoms. The summed E-state index contributed by atoms with van der Waals surface area (Å²) in [6.07, 6.45) is 3.59. The summed E-state index contributed by atoms with van der Waals surface area (Å²) < 4.78 is 0. The molecule has 2 amide bonds. The molecule has 1 aliphatic heterocycles. The van der Waals surface area contributed by atoms with Crippen LogP contribution in [-0.4, -0.2) is 42.4 Å². The van der Waals surface area contributed by atoms with Crippen molar-refractivity contribution >= 4 is 11.8 Å². The second-order valence-corrected chi connectivity index (χ2v) is 4.51. The predicted molar refractivity (Wildman–Crippen MR) is 66.3 cm³/mol. The predicted octanol–water partition coefficient (Wildman–Crippen LogP) is 0.243. The van der Waals surface area contributed by atoms with Crippen LogP contribution in [0.15, 0.2) is 0 Å². The van der Waals surface area contributed by atoms with E-state index in [1.807, 2.05) is 11.8 Å². The maximum atomic E-state index is 11.6. The molecule has 0 aromatic rings. The quantitative estimate of drug-likeness (QED) is 0.724. The standard InChI is InChI=1S/C12H23N3O2/c1-2-3-11(16)14-10-5-8-15(9-6-10)12(17)4-7-13/h10H,2-9,13H2,1H3,(H,14,16). The Balaban J connectivity index is 2.26. The van der Waals surface area contributed by atoms with Crippen molar-refractivity contribution in [2.75, 3.05) is 19.6 Å². The van der Waals surface area contributed by atoms with Gasteiger partial charge in [-0.05, 0) is 19.3 Å². The largest absolute Gasteiger partial charge is 0.353 e. The molecule has 3 N–H and O–H groups in total. The van der Waals surface area contributed by atoms with Gasteiger partial charge in [-0.2, -0.15) is 0 Å². The van der Waals surface area contributed by atoms with E-state index < -0.39 is 0 Å². The lowest BCUT2D eigenvalue weighted by Gasteiger charge is -2.32. The van der Waals surface area contributed by atoms with Crippen molar-refractivity contribution < 1.29 is 9.59 Å². The molecule has 5 nitrogen and oxygen atoms in total. The molecule has 1 saturated heterocycles. The minimum Gasteiger partial charge on any atom is -0.353 e. The first kappa shape index (κ1) is 14.0. The zero-order valence-corrected chi connectivity index (χ0v) is 10.6. The maximum Gasteiger partial charge on any atom is 0.223 e. The van der Waals surface area contributed by atoms with E-state index in [2.05, 4.69) is 5.32 Å². The molecule has 0 radical (unpaired) electrons. The molecule has 0 unspecified atom stereocenters. The van der Waals surface area contributed by atoms with Crippen LogP contribution in [0.3, 0.4) is 0 Å². The highest BCUT2D eigenvalue weighted by Crippen LogP contribution is 2.11. The molecule has 17 heavy (non-hydrogen) atoms. The number of rotatable bonds is 5. The number of hydrogen-bond acceptors (Lipinski definition) is 3. The Bertz CT molecular complexity index is 260. The van der Waals surface area contributed by atoms with E-state index in [0.717, 1.165) is 32.4 Å². The van der Waals surface area contributed by atoms with E-state index in [9.17, 15) is 9.59 Å². The number of nitrogens with two attached hydrogens (primary N) is 1. The lowest BCUT2D eigenvalue weighted by atomic mass is 10.0. The van der Waals surface area contributed by atoms with Crippen molar-refractivity contribution in [1.29, 1.82) is 0 Å². The Morgan fingerprint density at radius 2 is 1.94 bits per heavy atom. The van der Waals surface area contributed by atoms with Gasteiger partial charge in [0.2, 0.25) is 11.8 Å². The maximum absolute atomic E-state index is 11.6. The molecular weight excluding hydrogens is 218 g/mol. The molecule has 0 atom stereocenters. The van der Waals surface area contributed by atoms with Crippen LogP contribution in [0.1, 0.15) is 39.0 Å². The zero-order chi connectivity index (χ0) is 12.7. The van der Waals surface area contributed by atoms with Crippen LogP contribution in [0.5, 0.6) is 0 Å². The second-order valence-electron chi connectivity index (χ2n) is 4.51. The monoisotopic (exact) mass is 241 g/mol. The van der Waals surface area contributed by atoms with Gasteiger partial charge in [0, 0.05) is 38.5 Å². The van der Waals surface area contributed by atoms with E-state index >= 15 is 0 Å². The van der Waals surface area contributed by atoms with E-state index in [1.165, 1.54) is 0 Å². The number of piperidine rings is 1. The normalized spacial score (nSPS) is 16.9. The molecule has 1 aliphatic rings. The molecule has 1 fully saturated rings. The third-order valence-corrected chi connectivity index (χ3v) is 3.05. The SMILES string of the molecule is CCCC(=O)NC1CCN(C(=O)CCN)CC1. The average Bonchev–Trinajstić information content (AvgIpc) is 2.30. The second kappa shape index (κ2) is 7.27. The van der Waals surface area contributed by atoms with E-state index in [4.69, 9.17) is 5.73 Å². The minimum atomic E-state index is 0.124. The van der Waals surface area contributed by atoms with Gasteiger partial charge in [0.05, 0.1) is 0 Å². The van der Waals surface area contributed by atoms with Crippen LogP contribution in [0, 0.1) is 0 Å². The fraction of sp³-hybridized carbons (Fsp3) is 0.833. The van der Waals surface area contributed by atoms with Gasteiger partial charge >= 0.3 is 0 Å². The summed E-state index contributed by atoms with van der Waals surface area (Å²) in [6.45, 7) is 3.87. The van der Waals surface area contributed by atoms with Gasteiger partial charge in [-0.25, -0.2) is 0 Å². The summed E-state index contributed by atoms with van der Waals surface area (Å²) in [5.41, 5.74) is 5.36. The fourth-order valence-corrected chi connectivity index (χ4v) is 2.08. The third kappa shape index (κ3) is 4.73. The van der Waals surface area contributed by atoms with Crippen LogP contribution in [0.4, 0.5) is 0 Å². The van der Waals surface area contributed by atoms with Gasteiger partial charge in [0.25, 0.3) is 0 Å². The number of likely N-dealkylation sites (tertiary alicyclic amines) is 1. The smallest absolute Gasteiger partial charge is 0.223 e. The zero-order valence-electron chi connectivity index (χ0n) is 10.6. The molecule has 1 heterocycles. The highest BCUT2D eigenvalue weighted by Gasteiger charge is 2.22. The fourth-order valence-electron chi connectivity index (χ4n) is 2.08. The first-order valence-corrected chi connectivity index (χ1v) is 6.44. The van der Waals surface area contributed by atoms with Crippen molar-refractivity contribution in [2.24, 2.45) is 5.73 Å². The summed E-state index contributed by atoms with van der Waals surface area (Å²) in [4.78, 5) is 24.9. The number of hydrogen-bond donors (Lipinski definition) is 2. The lowest BCUT2D eigenvalue weighted by Crippen LogP contribution is -2.46. The number of carbonyl (C=O) groups excluding carboxylic acids is 2. The van der Waals surface area contributed by atoms with Crippen LogP contribution in [-0.2, 0) is 9.59 Å². The van der Waals surface area contributed by atoms with Gasteiger partial charge in [-0.3, -0.25) is 9.59 Å². The Labute approximate surface area is 103 Å². The summed E-state index contributed by atoms with van der Waals surface area (Å²) in [5.74, 6) is 0.255. The van der Waals surface area contributed by atoms with Crippen LogP contribution in [0.25, 0.3) is 0 Å². The van der Waals surface area contributed by atoms with E-state index in [-0.39, 0.29) is 17.9 Å². The van der Waals surface area contributed by atoms with Crippen molar-refractivity contribution in [2.45, 2.75) is 45.1 Å². The lowest BCUT2D eigenvalue weighted by molar-refractivity contribution is -0.132. The number of carbonyl (C=O) groups is 2. The molecule has 1 rings (SSSR count). The summed E-state index contributed by atoms with van der Waals surface area (Å²) in [7, 11) is 0. The topological polar surface area (TPSA) is 75.4 Å². The average molecular weight is 241 g/mol. The Morgan fingerprint density at radius 3 is 2.47 bits per heavy atom. The highest BCUT2D eigenvalue weighted by molar-refractivity contribution is 5.77. The number of nitrogens with one attached hydrogen (secondary N) is 1. The molecular formula is C12H23N3O2. The van der Waals surface area contributed by atoms with E-state index in [1.54, 1.807) is 0 Å². The first-order chi connectivity index (χ1) is 8.17. The van der Waals surface area contributed by atoms with Crippen molar-refractivity contribution in [3.63, 3.8) is 0 Å². The van der Waals surface area contributed by atoms with Crippen LogP contribution >= 0.6 is 0 Å². The van der Waals surface area contributed by atoms with Crippen molar-refractivity contribution in [1.82, 2.24) is 10.2 Å². The van der Waals surface area contributed by atoms with Crippen molar-refractivity contribution in [3.05, 3.63) is 0 Å². The molecule has 0 saturated carbocycles. The Hall–Kier alpha value is -1.10. The molecule has 98 valence electrons. The van der Waals surface area contributed by atoms with E-state index in [0.29, 0.717) is 19.4 Å².